The summed E-state index contributed by atoms with van der Waals surface area (Å²) >= 11 is 2.88. The van der Waals surface area contributed by atoms with Gasteiger partial charge >= 0.3 is 0 Å². The maximum Gasteiger partial charge on any atom is 0.124 e. The highest BCUT2D eigenvalue weighted by Crippen LogP contribution is 2.30. The normalized spacial score (nSPS) is 10.8. The fraction of sp³-hybridized carbons (Fsp3) is 0. The standard InChI is InChI=1S/C17H10FN3S2/c18-14-3-1-2-13(8-14)15-9-22-17(19-15)12-6-4-11(5-7-12)16-10-23-21-20-16/h1-10H. The van der Waals surface area contributed by atoms with Crippen molar-refractivity contribution in [3.05, 3.63) is 65.1 Å². The number of aromatic nitrogens is 3. The van der Waals surface area contributed by atoms with Gasteiger partial charge in [-0.1, -0.05) is 40.9 Å². The van der Waals surface area contributed by atoms with Gasteiger partial charge in [-0.15, -0.1) is 16.4 Å². The Morgan fingerprint density at radius 3 is 2.39 bits per heavy atom. The number of rotatable bonds is 3. The van der Waals surface area contributed by atoms with Crippen molar-refractivity contribution in [1.82, 2.24) is 14.6 Å². The second-order valence-electron chi connectivity index (χ2n) is 4.92. The van der Waals surface area contributed by atoms with Crippen molar-refractivity contribution in [2.75, 3.05) is 0 Å². The summed E-state index contributed by atoms with van der Waals surface area (Å²) in [4.78, 5) is 4.61. The molecule has 0 fully saturated rings. The fourth-order valence-electron chi connectivity index (χ4n) is 2.26. The molecule has 0 atom stereocenters. The first-order valence-corrected chi connectivity index (χ1v) is 8.60. The van der Waals surface area contributed by atoms with E-state index in [0.717, 1.165) is 33.1 Å². The second kappa shape index (κ2) is 5.98. The molecule has 0 aliphatic rings. The van der Waals surface area contributed by atoms with Gasteiger partial charge < -0.3 is 0 Å². The Kier molecular flexibility index (Phi) is 3.69. The quantitative estimate of drug-likeness (QED) is 0.519. The van der Waals surface area contributed by atoms with Crippen molar-refractivity contribution >= 4 is 22.9 Å². The lowest BCUT2D eigenvalue weighted by Crippen LogP contribution is -1.82. The van der Waals surface area contributed by atoms with E-state index in [0.29, 0.717) is 0 Å². The zero-order valence-corrected chi connectivity index (χ0v) is 13.4. The molecule has 4 aromatic rings. The van der Waals surface area contributed by atoms with Crippen LogP contribution in [0.2, 0.25) is 0 Å². The van der Waals surface area contributed by atoms with Crippen LogP contribution in [0.4, 0.5) is 4.39 Å². The van der Waals surface area contributed by atoms with Gasteiger partial charge in [0, 0.05) is 27.5 Å². The smallest absolute Gasteiger partial charge is 0.124 e. The number of hydrogen-bond donors (Lipinski definition) is 0. The minimum atomic E-state index is -0.252. The van der Waals surface area contributed by atoms with Crippen molar-refractivity contribution in [2.24, 2.45) is 0 Å². The Bertz CT molecular complexity index is 931. The van der Waals surface area contributed by atoms with Gasteiger partial charge in [0.05, 0.1) is 5.69 Å². The summed E-state index contributed by atoms with van der Waals surface area (Å²) < 4.78 is 17.2. The van der Waals surface area contributed by atoms with Crippen molar-refractivity contribution in [2.45, 2.75) is 0 Å². The van der Waals surface area contributed by atoms with Crippen molar-refractivity contribution in [3.8, 4) is 33.1 Å². The molecule has 0 amide bonds. The third-order valence-electron chi connectivity index (χ3n) is 3.41. The van der Waals surface area contributed by atoms with Gasteiger partial charge in [-0.05, 0) is 23.7 Å². The van der Waals surface area contributed by atoms with Crippen molar-refractivity contribution in [1.29, 1.82) is 0 Å². The highest BCUT2D eigenvalue weighted by molar-refractivity contribution is 7.13. The Morgan fingerprint density at radius 2 is 1.65 bits per heavy atom. The molecular formula is C17H10FN3S2. The molecule has 0 spiro atoms. The SMILES string of the molecule is Fc1cccc(-c2csc(-c3ccc(-c4csnn4)cc3)n2)c1. The fourth-order valence-corrected chi connectivity index (χ4v) is 3.56. The molecule has 3 nitrogen and oxygen atoms in total. The van der Waals surface area contributed by atoms with E-state index in [2.05, 4.69) is 14.6 Å². The molecule has 0 N–H and O–H groups in total. The maximum absolute atomic E-state index is 13.3. The average molecular weight is 339 g/mol. The Labute approximate surface area is 140 Å². The lowest BCUT2D eigenvalue weighted by molar-refractivity contribution is 0.628. The van der Waals surface area contributed by atoms with Crippen LogP contribution in [-0.4, -0.2) is 14.6 Å². The molecule has 0 aliphatic heterocycles. The third kappa shape index (κ3) is 2.91. The lowest BCUT2D eigenvalue weighted by atomic mass is 10.1. The Hall–Kier alpha value is -2.44. The van der Waals surface area contributed by atoms with Crippen LogP contribution in [-0.2, 0) is 0 Å². The molecule has 0 aliphatic carbocycles. The van der Waals surface area contributed by atoms with Gasteiger partial charge in [0.2, 0.25) is 0 Å². The molecule has 2 aromatic carbocycles. The van der Waals surface area contributed by atoms with Gasteiger partial charge in [0.25, 0.3) is 0 Å². The highest BCUT2D eigenvalue weighted by Gasteiger charge is 2.08. The summed E-state index contributed by atoms with van der Waals surface area (Å²) in [6.45, 7) is 0. The molecule has 0 unspecified atom stereocenters. The first-order valence-electron chi connectivity index (χ1n) is 6.89. The van der Waals surface area contributed by atoms with Gasteiger partial charge in [-0.2, -0.15) is 0 Å². The number of nitrogens with zero attached hydrogens (tertiary/aromatic N) is 3. The summed E-state index contributed by atoms with van der Waals surface area (Å²) in [7, 11) is 0. The zero-order chi connectivity index (χ0) is 15.6. The van der Waals surface area contributed by atoms with Crippen LogP contribution >= 0.6 is 22.9 Å². The molecule has 0 saturated carbocycles. The molecule has 112 valence electrons. The monoisotopic (exact) mass is 339 g/mol. The molecule has 0 radical (unpaired) electrons. The van der Waals surface area contributed by atoms with Crippen LogP contribution in [0.25, 0.3) is 33.1 Å². The summed E-state index contributed by atoms with van der Waals surface area (Å²) in [5.74, 6) is -0.252. The molecule has 2 aromatic heterocycles. The van der Waals surface area contributed by atoms with E-state index in [4.69, 9.17) is 0 Å². The Morgan fingerprint density at radius 1 is 0.826 bits per heavy atom. The minimum absolute atomic E-state index is 0.252. The molecule has 4 rings (SSSR count). The van der Waals surface area contributed by atoms with E-state index in [-0.39, 0.29) is 5.82 Å². The van der Waals surface area contributed by atoms with E-state index in [1.54, 1.807) is 17.4 Å². The second-order valence-corrected chi connectivity index (χ2v) is 6.38. The van der Waals surface area contributed by atoms with Crippen LogP contribution in [0.1, 0.15) is 0 Å². The molecule has 23 heavy (non-hydrogen) atoms. The number of thiazole rings is 1. The van der Waals surface area contributed by atoms with E-state index >= 15 is 0 Å². The summed E-state index contributed by atoms with van der Waals surface area (Å²) in [5, 5.41) is 8.83. The van der Waals surface area contributed by atoms with Crippen LogP contribution in [0.15, 0.2) is 59.3 Å². The number of hydrogen-bond acceptors (Lipinski definition) is 5. The first-order chi connectivity index (χ1) is 11.3. The predicted octanol–water partition coefficient (Wildman–Crippen LogP) is 5.13. The average Bonchev–Trinajstić information content (AvgIpc) is 3.27. The van der Waals surface area contributed by atoms with Crippen LogP contribution < -0.4 is 0 Å². The molecule has 2 heterocycles. The molecule has 0 saturated heterocycles. The third-order valence-corrected chi connectivity index (χ3v) is 4.81. The van der Waals surface area contributed by atoms with Gasteiger partial charge in [0.1, 0.15) is 16.5 Å². The minimum Gasteiger partial charge on any atom is -0.236 e. The van der Waals surface area contributed by atoms with Crippen LogP contribution in [0.5, 0.6) is 0 Å². The maximum atomic E-state index is 13.3. The van der Waals surface area contributed by atoms with E-state index < -0.39 is 0 Å². The molecule has 6 heteroatoms. The largest absolute Gasteiger partial charge is 0.236 e. The van der Waals surface area contributed by atoms with Crippen LogP contribution in [0, 0.1) is 5.82 Å². The van der Waals surface area contributed by atoms with Crippen molar-refractivity contribution < 1.29 is 4.39 Å². The highest BCUT2D eigenvalue weighted by atomic mass is 32.1. The van der Waals surface area contributed by atoms with E-state index in [9.17, 15) is 4.39 Å². The van der Waals surface area contributed by atoms with E-state index in [1.165, 1.54) is 23.7 Å². The van der Waals surface area contributed by atoms with Gasteiger partial charge in [-0.25, -0.2) is 9.37 Å². The summed E-state index contributed by atoms with van der Waals surface area (Å²) in [5.41, 5.74) is 4.52. The van der Waals surface area contributed by atoms with E-state index in [1.807, 2.05) is 41.1 Å². The topological polar surface area (TPSA) is 38.7 Å². The van der Waals surface area contributed by atoms with Crippen molar-refractivity contribution in [3.63, 3.8) is 0 Å². The molecule has 0 bridgehead atoms. The Balaban J connectivity index is 1.64. The lowest BCUT2D eigenvalue weighted by Gasteiger charge is -1.99. The number of halogens is 1. The summed E-state index contributed by atoms with van der Waals surface area (Å²) in [6.07, 6.45) is 0. The number of benzene rings is 2. The summed E-state index contributed by atoms with van der Waals surface area (Å²) in [6, 6.07) is 14.5. The first kappa shape index (κ1) is 14.2. The predicted molar refractivity (Wildman–Crippen MR) is 91.8 cm³/mol. The molecular weight excluding hydrogens is 329 g/mol. The van der Waals surface area contributed by atoms with Gasteiger partial charge in [-0.3, -0.25) is 0 Å². The van der Waals surface area contributed by atoms with Gasteiger partial charge in [0.15, 0.2) is 0 Å². The zero-order valence-electron chi connectivity index (χ0n) is 11.8. The van der Waals surface area contributed by atoms with Crippen LogP contribution in [0.3, 0.4) is 0 Å².